The summed E-state index contributed by atoms with van der Waals surface area (Å²) in [7, 11) is 0. The van der Waals surface area contributed by atoms with Crippen molar-refractivity contribution >= 4 is 23.6 Å². The third-order valence-electron chi connectivity index (χ3n) is 6.99. The third kappa shape index (κ3) is 3.71. The molecule has 3 heteroatoms. The number of hydrogen-bond acceptors (Lipinski definition) is 1. The van der Waals surface area contributed by atoms with Gasteiger partial charge in [0.15, 0.2) is 0 Å². The molecule has 26 heavy (non-hydrogen) atoms. The molecule has 4 fully saturated rings. The number of carbonyl (C=O) groups is 1. The largest absolute Gasteiger partial charge is 0.353 e. The lowest BCUT2D eigenvalue weighted by atomic mass is 9.40. The zero-order chi connectivity index (χ0) is 18.4. The van der Waals surface area contributed by atoms with E-state index in [1.165, 1.54) is 38.5 Å². The highest BCUT2D eigenvalue weighted by Crippen LogP contribution is 2.70. The summed E-state index contributed by atoms with van der Waals surface area (Å²) >= 11 is 5.89. The highest BCUT2D eigenvalue weighted by Gasteiger charge is 2.59. The lowest BCUT2D eigenvalue weighted by Gasteiger charge is -2.65. The monoisotopic (exact) mass is 371 g/mol. The van der Waals surface area contributed by atoms with Crippen molar-refractivity contribution in [3.05, 3.63) is 40.9 Å². The molecule has 4 bridgehead atoms. The van der Waals surface area contributed by atoms with Crippen molar-refractivity contribution in [3.63, 3.8) is 0 Å². The van der Waals surface area contributed by atoms with Gasteiger partial charge in [0, 0.05) is 17.6 Å². The van der Waals surface area contributed by atoms with Crippen LogP contribution in [0, 0.1) is 22.2 Å². The van der Waals surface area contributed by atoms with E-state index in [1.54, 1.807) is 6.08 Å². The molecule has 1 aromatic carbocycles. The van der Waals surface area contributed by atoms with Crippen LogP contribution < -0.4 is 5.32 Å². The second-order valence-electron chi connectivity index (χ2n) is 10.1. The van der Waals surface area contributed by atoms with E-state index in [4.69, 9.17) is 11.6 Å². The van der Waals surface area contributed by atoms with Crippen LogP contribution in [0.2, 0.25) is 5.02 Å². The lowest BCUT2D eigenvalue weighted by Crippen LogP contribution is -2.55. The average molecular weight is 372 g/mol. The highest BCUT2D eigenvalue weighted by atomic mass is 35.5. The molecule has 4 aliphatic rings. The number of halogens is 1. The van der Waals surface area contributed by atoms with E-state index >= 15 is 0 Å². The first-order chi connectivity index (χ1) is 12.3. The first-order valence-corrected chi connectivity index (χ1v) is 10.4. The van der Waals surface area contributed by atoms with Crippen LogP contribution in [0.3, 0.4) is 0 Å². The molecular formula is C23H30ClNO. The lowest BCUT2D eigenvalue weighted by molar-refractivity contribution is -0.147. The first kappa shape index (κ1) is 18.1. The zero-order valence-corrected chi connectivity index (χ0v) is 16.7. The van der Waals surface area contributed by atoms with Gasteiger partial charge in [-0.25, -0.2) is 0 Å². The van der Waals surface area contributed by atoms with Gasteiger partial charge in [0.25, 0.3) is 0 Å². The fourth-order valence-electron chi connectivity index (χ4n) is 7.22. The van der Waals surface area contributed by atoms with Crippen LogP contribution in [0.15, 0.2) is 30.3 Å². The Morgan fingerprint density at radius 1 is 1.12 bits per heavy atom. The van der Waals surface area contributed by atoms with Crippen molar-refractivity contribution in [3.8, 4) is 0 Å². The van der Waals surface area contributed by atoms with E-state index in [1.807, 2.05) is 30.3 Å². The quantitative estimate of drug-likeness (QED) is 0.645. The van der Waals surface area contributed by atoms with Gasteiger partial charge in [-0.1, -0.05) is 37.6 Å². The molecule has 2 atom stereocenters. The van der Waals surface area contributed by atoms with Crippen molar-refractivity contribution in [1.29, 1.82) is 0 Å². The van der Waals surface area contributed by atoms with E-state index in [0.29, 0.717) is 21.3 Å². The van der Waals surface area contributed by atoms with Crippen LogP contribution in [-0.2, 0) is 4.79 Å². The topological polar surface area (TPSA) is 29.1 Å². The molecule has 0 saturated heterocycles. The molecule has 2 unspecified atom stereocenters. The molecule has 1 amide bonds. The minimum absolute atomic E-state index is 0.00195. The van der Waals surface area contributed by atoms with E-state index in [-0.39, 0.29) is 5.91 Å². The van der Waals surface area contributed by atoms with Gasteiger partial charge in [0.1, 0.15) is 0 Å². The summed E-state index contributed by atoms with van der Waals surface area (Å²) in [5.41, 5.74) is 2.56. The Bertz CT molecular complexity index is 704. The summed E-state index contributed by atoms with van der Waals surface area (Å²) in [5, 5.41) is 3.83. The second kappa shape index (κ2) is 6.41. The predicted molar refractivity (Wildman–Crippen MR) is 108 cm³/mol. The van der Waals surface area contributed by atoms with Gasteiger partial charge in [-0.3, -0.25) is 4.79 Å². The summed E-state index contributed by atoms with van der Waals surface area (Å²) in [4.78, 5) is 12.2. The molecule has 2 nitrogen and oxygen atoms in total. The number of benzene rings is 1. The van der Waals surface area contributed by atoms with Gasteiger partial charge in [0.2, 0.25) is 5.91 Å². The van der Waals surface area contributed by atoms with Crippen molar-refractivity contribution < 1.29 is 4.79 Å². The van der Waals surface area contributed by atoms with Crippen LogP contribution in [0.1, 0.15) is 64.4 Å². The van der Waals surface area contributed by atoms with Crippen LogP contribution in [0.25, 0.3) is 6.08 Å². The zero-order valence-electron chi connectivity index (χ0n) is 16.0. The Kier molecular flexibility index (Phi) is 4.46. The maximum atomic E-state index is 12.2. The van der Waals surface area contributed by atoms with Crippen LogP contribution in [0.5, 0.6) is 0 Å². The molecule has 0 radical (unpaired) electrons. The maximum Gasteiger partial charge on any atom is 0.243 e. The Labute approximate surface area is 162 Å². The minimum atomic E-state index is 0.00195. The predicted octanol–water partition coefficient (Wildman–Crippen LogP) is 5.86. The Balaban J connectivity index is 1.32. The minimum Gasteiger partial charge on any atom is -0.353 e. The molecular weight excluding hydrogens is 342 g/mol. The van der Waals surface area contributed by atoms with Crippen molar-refractivity contribution in [2.45, 2.75) is 58.8 Å². The standard InChI is InChI=1S/C23H30ClNO/c1-21-11-18-12-22(2,14-21)16-23(13-18,15-21)9-10-25-20(26)8-5-17-3-6-19(24)7-4-17/h3-8,18H,9-16H2,1-2H3,(H,25,26)/b8-5+. The molecule has 0 spiro atoms. The summed E-state index contributed by atoms with van der Waals surface area (Å²) in [5.74, 6) is 0.920. The summed E-state index contributed by atoms with van der Waals surface area (Å²) in [6, 6.07) is 7.52. The molecule has 4 aliphatic carbocycles. The maximum absolute atomic E-state index is 12.2. The number of carbonyl (C=O) groups excluding carboxylic acids is 1. The van der Waals surface area contributed by atoms with Gasteiger partial charge in [0.05, 0.1) is 0 Å². The van der Waals surface area contributed by atoms with Crippen molar-refractivity contribution in [2.24, 2.45) is 22.2 Å². The van der Waals surface area contributed by atoms with E-state index < -0.39 is 0 Å². The molecule has 4 saturated carbocycles. The van der Waals surface area contributed by atoms with Gasteiger partial charge in [-0.05, 0) is 90.9 Å². The van der Waals surface area contributed by atoms with Gasteiger partial charge in [-0.15, -0.1) is 0 Å². The van der Waals surface area contributed by atoms with E-state index in [9.17, 15) is 4.79 Å². The average Bonchev–Trinajstić information content (AvgIpc) is 2.50. The molecule has 0 aromatic heterocycles. The summed E-state index contributed by atoms with van der Waals surface area (Å²) in [6.45, 7) is 5.82. The Morgan fingerprint density at radius 2 is 1.77 bits per heavy atom. The molecule has 1 aromatic rings. The fourth-order valence-corrected chi connectivity index (χ4v) is 7.34. The van der Waals surface area contributed by atoms with E-state index in [2.05, 4.69) is 19.2 Å². The number of amides is 1. The van der Waals surface area contributed by atoms with Crippen LogP contribution >= 0.6 is 11.6 Å². The molecule has 0 heterocycles. The molecule has 140 valence electrons. The molecule has 5 rings (SSSR count). The second-order valence-corrected chi connectivity index (χ2v) is 10.5. The Hall–Kier alpha value is -1.28. The van der Waals surface area contributed by atoms with E-state index in [0.717, 1.165) is 24.4 Å². The number of rotatable bonds is 5. The number of nitrogens with one attached hydrogen (secondary N) is 1. The summed E-state index contributed by atoms with van der Waals surface area (Å²) in [6.07, 6.45) is 13.0. The molecule has 1 N–H and O–H groups in total. The van der Waals surface area contributed by atoms with Gasteiger partial charge >= 0.3 is 0 Å². The molecule has 0 aliphatic heterocycles. The Morgan fingerprint density at radius 3 is 2.38 bits per heavy atom. The number of hydrogen-bond donors (Lipinski definition) is 1. The first-order valence-electron chi connectivity index (χ1n) is 9.99. The third-order valence-corrected chi connectivity index (χ3v) is 7.25. The van der Waals surface area contributed by atoms with Crippen LogP contribution in [-0.4, -0.2) is 12.5 Å². The highest BCUT2D eigenvalue weighted by molar-refractivity contribution is 6.30. The fraction of sp³-hybridized carbons (Fsp3) is 0.609. The van der Waals surface area contributed by atoms with Crippen molar-refractivity contribution in [1.82, 2.24) is 5.32 Å². The SMILES string of the molecule is CC12CC3CC(C)(C1)CC(CCNC(=O)/C=C/c1ccc(Cl)cc1)(C3)C2. The van der Waals surface area contributed by atoms with Crippen LogP contribution in [0.4, 0.5) is 0 Å². The smallest absolute Gasteiger partial charge is 0.243 e. The van der Waals surface area contributed by atoms with Crippen molar-refractivity contribution in [2.75, 3.05) is 6.54 Å². The summed E-state index contributed by atoms with van der Waals surface area (Å²) < 4.78 is 0. The normalized spacial score (nSPS) is 38.0. The van der Waals surface area contributed by atoms with Gasteiger partial charge < -0.3 is 5.32 Å². The van der Waals surface area contributed by atoms with Gasteiger partial charge in [-0.2, -0.15) is 0 Å².